The molecule has 0 radical (unpaired) electrons. The highest BCUT2D eigenvalue weighted by atomic mass is 35.5. The van der Waals surface area contributed by atoms with Crippen molar-refractivity contribution in [1.29, 1.82) is 0 Å². The molecule has 0 aliphatic heterocycles. The Bertz CT molecular complexity index is 670. The summed E-state index contributed by atoms with van der Waals surface area (Å²) in [6.45, 7) is 0.118. The van der Waals surface area contributed by atoms with E-state index in [2.05, 4.69) is 0 Å². The zero-order valence-electron chi connectivity index (χ0n) is 16.2. The molecule has 6 nitrogen and oxygen atoms in total. The molecule has 162 valence electrons. The molecule has 0 aromatic heterocycles. The Hall–Kier alpha value is -1.25. The van der Waals surface area contributed by atoms with Gasteiger partial charge >= 0.3 is 5.97 Å². The summed E-state index contributed by atoms with van der Waals surface area (Å²) in [4.78, 5) is 10.5. The number of benzene rings is 1. The van der Waals surface area contributed by atoms with E-state index in [0.717, 1.165) is 0 Å². The molecule has 0 saturated heterocycles. The number of rotatable bonds is 12. The molecule has 0 spiro atoms. The number of hydrogen-bond donors (Lipinski definition) is 4. The summed E-state index contributed by atoms with van der Waals surface area (Å²) in [5, 5.41) is 39.8. The fourth-order valence-electron chi connectivity index (χ4n) is 3.35. The molecule has 1 aliphatic carbocycles. The van der Waals surface area contributed by atoms with Crippen LogP contribution in [0.25, 0.3) is 0 Å². The van der Waals surface area contributed by atoms with E-state index in [1.165, 1.54) is 11.8 Å². The van der Waals surface area contributed by atoms with Crippen molar-refractivity contribution in [2.45, 2.75) is 55.7 Å². The van der Waals surface area contributed by atoms with Gasteiger partial charge in [0.15, 0.2) is 0 Å². The van der Waals surface area contributed by atoms with Crippen molar-refractivity contribution in [2.24, 2.45) is 5.92 Å². The molecule has 4 N–H and O–H groups in total. The quantitative estimate of drug-likeness (QED) is 0.290. The minimum absolute atomic E-state index is 0.105. The van der Waals surface area contributed by atoms with Crippen molar-refractivity contribution in [3.8, 4) is 5.75 Å². The molecule has 0 amide bonds. The van der Waals surface area contributed by atoms with Crippen molar-refractivity contribution in [1.82, 2.24) is 0 Å². The number of aliphatic carboxylic acids is 1. The number of ether oxygens (including phenoxy) is 1. The molecule has 0 unspecified atom stereocenters. The Morgan fingerprint density at radius 3 is 2.83 bits per heavy atom. The first-order valence-corrected chi connectivity index (χ1v) is 11.2. The van der Waals surface area contributed by atoms with Gasteiger partial charge < -0.3 is 25.2 Å². The number of carbonyl (C=O) groups is 1. The summed E-state index contributed by atoms with van der Waals surface area (Å²) in [6, 6.07) is 6.96. The van der Waals surface area contributed by atoms with Crippen molar-refractivity contribution in [2.75, 3.05) is 12.4 Å². The van der Waals surface area contributed by atoms with Crippen LogP contribution in [0.1, 0.15) is 32.1 Å². The molecule has 1 fully saturated rings. The van der Waals surface area contributed by atoms with Gasteiger partial charge in [0.1, 0.15) is 12.4 Å². The number of allylic oxidation sites excluding steroid dienone is 2. The van der Waals surface area contributed by atoms with Gasteiger partial charge in [-0.2, -0.15) is 11.8 Å². The number of unbranched alkanes of at least 4 members (excludes halogenated alkanes) is 1. The smallest absolute Gasteiger partial charge is 0.303 e. The van der Waals surface area contributed by atoms with Gasteiger partial charge in [0, 0.05) is 34.8 Å². The Kier molecular flexibility index (Phi) is 10.3. The molecule has 1 aliphatic rings. The van der Waals surface area contributed by atoms with Gasteiger partial charge in [-0.3, -0.25) is 4.79 Å². The molecule has 2 rings (SSSR count). The Balaban J connectivity index is 1.75. The van der Waals surface area contributed by atoms with Gasteiger partial charge in [0.25, 0.3) is 0 Å². The van der Waals surface area contributed by atoms with Crippen molar-refractivity contribution < 1.29 is 30.0 Å². The second-order valence-corrected chi connectivity index (χ2v) is 8.89. The maximum Gasteiger partial charge on any atom is 0.303 e. The van der Waals surface area contributed by atoms with Gasteiger partial charge in [0.2, 0.25) is 0 Å². The highest BCUT2D eigenvalue weighted by molar-refractivity contribution is 8.00. The summed E-state index contributed by atoms with van der Waals surface area (Å²) in [6.07, 6.45) is 4.28. The van der Waals surface area contributed by atoms with E-state index in [9.17, 15) is 20.1 Å². The van der Waals surface area contributed by atoms with Gasteiger partial charge in [0.05, 0.1) is 18.3 Å². The first-order valence-electron chi connectivity index (χ1n) is 9.77. The first-order chi connectivity index (χ1) is 13.9. The summed E-state index contributed by atoms with van der Waals surface area (Å²) < 4.78 is 5.55. The minimum atomic E-state index is -0.804. The second kappa shape index (κ2) is 12.4. The zero-order valence-corrected chi connectivity index (χ0v) is 17.8. The average molecular weight is 445 g/mol. The van der Waals surface area contributed by atoms with E-state index in [1.807, 2.05) is 12.2 Å². The molecule has 0 bridgehead atoms. The predicted octanol–water partition coefficient (Wildman–Crippen LogP) is 3.12. The Morgan fingerprint density at radius 1 is 1.31 bits per heavy atom. The third kappa shape index (κ3) is 8.56. The topological polar surface area (TPSA) is 107 Å². The van der Waals surface area contributed by atoms with Crippen LogP contribution in [0, 0.1) is 5.92 Å². The number of thioether (sulfide) groups is 1. The third-order valence-electron chi connectivity index (χ3n) is 4.83. The standard InChI is InChI=1S/C21H29ClO6S/c22-14-6-5-7-16(10-14)28-12-15(23)13-29-21-17(18(24)11-19(21)25)8-3-1-2-4-9-20(26)27/h1,3,5-7,10,15,17-19,21,23-25H,2,4,8-9,11-13H2,(H,26,27)/t15-,17-,18-,19+,21+/m1/s1. The molecule has 8 heteroatoms. The van der Waals surface area contributed by atoms with Crippen LogP contribution in [0.15, 0.2) is 36.4 Å². The maximum absolute atomic E-state index is 10.5. The minimum Gasteiger partial charge on any atom is -0.491 e. The summed E-state index contributed by atoms with van der Waals surface area (Å²) in [5.41, 5.74) is 0. The van der Waals surface area contributed by atoms with Crippen LogP contribution in [0.4, 0.5) is 0 Å². The number of aliphatic hydroxyl groups is 3. The normalized spacial score (nSPS) is 25.4. The third-order valence-corrected chi connectivity index (χ3v) is 6.70. The lowest BCUT2D eigenvalue weighted by molar-refractivity contribution is -0.137. The Labute approximate surface area is 180 Å². The van der Waals surface area contributed by atoms with Gasteiger partial charge in [-0.25, -0.2) is 0 Å². The number of hydrogen-bond acceptors (Lipinski definition) is 6. The van der Waals surface area contributed by atoms with Crippen LogP contribution < -0.4 is 4.74 Å². The van der Waals surface area contributed by atoms with Crippen LogP contribution in [0.2, 0.25) is 5.02 Å². The largest absolute Gasteiger partial charge is 0.491 e. The molecule has 29 heavy (non-hydrogen) atoms. The zero-order chi connectivity index (χ0) is 21.2. The van der Waals surface area contributed by atoms with Crippen LogP contribution >= 0.6 is 23.4 Å². The van der Waals surface area contributed by atoms with E-state index in [1.54, 1.807) is 24.3 Å². The fraction of sp³-hybridized carbons (Fsp3) is 0.571. The van der Waals surface area contributed by atoms with Gasteiger partial charge in [-0.05, 0) is 37.5 Å². The molecule has 0 heterocycles. The summed E-state index contributed by atoms with van der Waals surface area (Å²) in [7, 11) is 0. The van der Waals surface area contributed by atoms with Crippen molar-refractivity contribution in [3.05, 3.63) is 41.4 Å². The highest BCUT2D eigenvalue weighted by Crippen LogP contribution is 2.38. The van der Waals surface area contributed by atoms with E-state index in [0.29, 0.717) is 42.2 Å². The summed E-state index contributed by atoms with van der Waals surface area (Å²) in [5.74, 6) is 0.0612. The maximum atomic E-state index is 10.5. The van der Waals surface area contributed by atoms with E-state index in [-0.39, 0.29) is 24.2 Å². The Morgan fingerprint density at radius 2 is 2.10 bits per heavy atom. The summed E-state index contributed by atoms with van der Waals surface area (Å²) >= 11 is 7.35. The molecular weight excluding hydrogens is 416 g/mol. The van der Waals surface area contributed by atoms with Gasteiger partial charge in [-0.15, -0.1) is 0 Å². The van der Waals surface area contributed by atoms with Crippen LogP contribution in [0.3, 0.4) is 0 Å². The molecular formula is C21H29ClO6S. The molecule has 1 saturated carbocycles. The highest BCUT2D eigenvalue weighted by Gasteiger charge is 2.41. The second-order valence-electron chi connectivity index (χ2n) is 7.25. The fourth-order valence-corrected chi connectivity index (χ4v) is 4.94. The van der Waals surface area contributed by atoms with E-state index >= 15 is 0 Å². The van der Waals surface area contributed by atoms with Crippen LogP contribution in [0.5, 0.6) is 5.75 Å². The van der Waals surface area contributed by atoms with Crippen LogP contribution in [-0.2, 0) is 4.79 Å². The van der Waals surface area contributed by atoms with Gasteiger partial charge in [-0.1, -0.05) is 29.8 Å². The lowest BCUT2D eigenvalue weighted by atomic mass is 10.0. The number of aliphatic hydroxyl groups excluding tert-OH is 3. The molecule has 1 aromatic rings. The first kappa shape index (κ1) is 24.0. The SMILES string of the molecule is O=C(O)CCCC=CC[C@H]1[C@H](SC[C@H](O)COc2cccc(Cl)c2)[C@@H](O)C[C@H]1O. The number of carboxylic acids is 1. The lowest BCUT2D eigenvalue weighted by Crippen LogP contribution is -2.28. The lowest BCUT2D eigenvalue weighted by Gasteiger charge is -2.23. The number of halogens is 1. The van der Waals surface area contributed by atoms with Crippen molar-refractivity contribution >= 4 is 29.3 Å². The van der Waals surface area contributed by atoms with Crippen molar-refractivity contribution in [3.63, 3.8) is 0 Å². The monoisotopic (exact) mass is 444 g/mol. The number of carboxylic acid groups (broad SMARTS) is 1. The average Bonchev–Trinajstić information content (AvgIpc) is 2.93. The van der Waals surface area contributed by atoms with E-state index < -0.39 is 24.3 Å². The molecule has 5 atom stereocenters. The molecule has 1 aromatic carbocycles. The predicted molar refractivity (Wildman–Crippen MR) is 115 cm³/mol. The van der Waals surface area contributed by atoms with Crippen LogP contribution in [-0.4, -0.2) is 62.3 Å². The van der Waals surface area contributed by atoms with E-state index in [4.69, 9.17) is 21.4 Å².